The Hall–Kier alpha value is -1.79. The fourth-order valence-electron chi connectivity index (χ4n) is 0.925. The minimum atomic E-state index is -0.238. The van der Waals surface area contributed by atoms with Gasteiger partial charge in [-0.15, -0.1) is 0 Å². The first-order valence-corrected chi connectivity index (χ1v) is 3.48. The van der Waals surface area contributed by atoms with Crippen molar-refractivity contribution in [3.63, 3.8) is 0 Å². The molecule has 0 fully saturated rings. The zero-order valence-corrected chi connectivity index (χ0v) is 6.27. The van der Waals surface area contributed by atoms with Crippen molar-refractivity contribution in [3.8, 4) is 0 Å². The van der Waals surface area contributed by atoms with Crippen molar-refractivity contribution in [1.29, 1.82) is 0 Å². The largest absolute Gasteiger partial charge is 0.364 e. The second-order valence-electron chi connectivity index (χ2n) is 2.30. The first kappa shape index (κ1) is 6.89. The van der Waals surface area contributed by atoms with Gasteiger partial charge in [0.15, 0.2) is 0 Å². The van der Waals surface area contributed by atoms with Gasteiger partial charge < -0.3 is 10.6 Å². The zero-order valence-electron chi connectivity index (χ0n) is 6.27. The van der Waals surface area contributed by atoms with Gasteiger partial charge in [0.2, 0.25) is 0 Å². The van der Waals surface area contributed by atoms with E-state index in [9.17, 15) is 4.79 Å². The number of hydrogen-bond donors (Lipinski definition) is 2. The van der Waals surface area contributed by atoms with Crippen LogP contribution in [0.4, 0.5) is 4.79 Å². The summed E-state index contributed by atoms with van der Waals surface area (Å²) in [5.74, 6) is 0. The molecule has 0 saturated heterocycles. The van der Waals surface area contributed by atoms with Crippen LogP contribution in [0.3, 0.4) is 0 Å². The normalized spacial score (nSPS) is 19.7. The second kappa shape index (κ2) is 2.68. The van der Waals surface area contributed by atoms with E-state index in [-0.39, 0.29) is 6.03 Å². The predicted octanol–water partition coefficient (Wildman–Crippen LogP) is -1.28. The summed E-state index contributed by atoms with van der Waals surface area (Å²) in [6.07, 6.45) is 2.95. The highest BCUT2D eigenvalue weighted by atomic mass is 16.2. The molecular weight excluding hydrogens is 160 g/mol. The van der Waals surface area contributed by atoms with Crippen molar-refractivity contribution in [3.05, 3.63) is 0 Å². The van der Waals surface area contributed by atoms with Crippen LogP contribution in [0, 0.1) is 0 Å². The molecule has 2 rings (SSSR count). The lowest BCUT2D eigenvalue weighted by Crippen LogP contribution is -2.38. The van der Waals surface area contributed by atoms with E-state index in [1.165, 1.54) is 22.7 Å². The topological polar surface area (TPSA) is 72.3 Å². The number of amides is 2. The van der Waals surface area contributed by atoms with Crippen molar-refractivity contribution < 1.29 is 4.79 Å². The van der Waals surface area contributed by atoms with Crippen LogP contribution in [0.1, 0.15) is 0 Å². The van der Waals surface area contributed by atoms with Gasteiger partial charge in [-0.05, 0) is 0 Å². The van der Waals surface area contributed by atoms with Crippen molar-refractivity contribution in [2.75, 3.05) is 13.3 Å². The van der Waals surface area contributed by atoms with Gasteiger partial charge in [0.1, 0.15) is 26.0 Å². The van der Waals surface area contributed by atoms with Crippen LogP contribution in [-0.4, -0.2) is 42.1 Å². The van der Waals surface area contributed by atoms with E-state index < -0.39 is 0 Å². The highest BCUT2D eigenvalue weighted by Crippen LogP contribution is 2.02. The Labute approximate surface area is 68.7 Å². The molecule has 0 saturated carbocycles. The fourth-order valence-corrected chi connectivity index (χ4v) is 0.925. The minimum absolute atomic E-state index is 0.238. The molecule has 0 unspecified atom stereocenters. The third kappa shape index (κ3) is 1.04. The van der Waals surface area contributed by atoms with Crippen LogP contribution in [-0.2, 0) is 0 Å². The van der Waals surface area contributed by atoms with E-state index in [0.29, 0.717) is 13.3 Å². The van der Waals surface area contributed by atoms with Crippen LogP contribution < -0.4 is 10.6 Å². The molecule has 0 aliphatic carbocycles. The summed E-state index contributed by atoms with van der Waals surface area (Å²) < 4.78 is 0. The molecule has 64 valence electrons. The third-order valence-corrected chi connectivity index (χ3v) is 1.50. The zero-order chi connectivity index (χ0) is 8.39. The quantitative estimate of drug-likeness (QED) is 0.473. The number of carbonyl (C=O) groups is 1. The Morgan fingerprint density at radius 3 is 2.00 bits per heavy atom. The molecule has 0 atom stereocenters. The number of hydrazone groups is 2. The highest BCUT2D eigenvalue weighted by Gasteiger charge is 2.22. The minimum Gasteiger partial charge on any atom is -0.355 e. The maximum Gasteiger partial charge on any atom is 0.364 e. The summed E-state index contributed by atoms with van der Waals surface area (Å²) in [6, 6.07) is -0.238. The van der Waals surface area contributed by atoms with Crippen molar-refractivity contribution in [2.45, 2.75) is 0 Å². The number of carbonyl (C=O) groups excluding carboxylic acids is 1. The standard InChI is InChI=1S/C5H8N6O/c12-5(10-3-6-1-8-10)11-4-7-2-9-11/h1-2H,3-4H2,(H,6,8)(H,7,9). The Morgan fingerprint density at radius 2 is 1.67 bits per heavy atom. The maximum absolute atomic E-state index is 11.4. The lowest BCUT2D eigenvalue weighted by molar-refractivity contribution is 0.163. The Balaban J connectivity index is 1.99. The predicted molar refractivity (Wildman–Crippen MR) is 42.1 cm³/mol. The molecule has 0 aromatic heterocycles. The lowest BCUT2D eigenvalue weighted by atomic mass is 10.8. The molecule has 0 spiro atoms. The molecule has 7 heteroatoms. The molecule has 7 nitrogen and oxygen atoms in total. The molecule has 12 heavy (non-hydrogen) atoms. The van der Waals surface area contributed by atoms with Crippen LogP contribution >= 0.6 is 0 Å². The maximum atomic E-state index is 11.4. The molecule has 2 aliphatic rings. The molecule has 0 bridgehead atoms. The van der Waals surface area contributed by atoms with Gasteiger partial charge in [-0.2, -0.15) is 20.2 Å². The van der Waals surface area contributed by atoms with Crippen LogP contribution in [0.15, 0.2) is 10.2 Å². The number of nitrogens with zero attached hydrogens (tertiary/aromatic N) is 4. The van der Waals surface area contributed by atoms with Crippen LogP contribution in [0.5, 0.6) is 0 Å². The SMILES string of the molecule is O=C(N1CNC=N1)N1CNC=N1. The second-order valence-corrected chi connectivity index (χ2v) is 2.30. The first-order chi connectivity index (χ1) is 5.88. The van der Waals surface area contributed by atoms with Crippen LogP contribution in [0.25, 0.3) is 0 Å². The Morgan fingerprint density at radius 1 is 1.17 bits per heavy atom. The van der Waals surface area contributed by atoms with Gasteiger partial charge >= 0.3 is 6.03 Å². The number of hydrogen-bond acceptors (Lipinski definition) is 5. The monoisotopic (exact) mass is 168 g/mol. The number of nitrogens with one attached hydrogen (secondary N) is 2. The number of urea groups is 1. The van der Waals surface area contributed by atoms with E-state index in [1.54, 1.807) is 0 Å². The summed E-state index contributed by atoms with van der Waals surface area (Å²) in [5.41, 5.74) is 0. The van der Waals surface area contributed by atoms with Gasteiger partial charge in [0.05, 0.1) is 0 Å². The van der Waals surface area contributed by atoms with Gasteiger partial charge in [0, 0.05) is 0 Å². The van der Waals surface area contributed by atoms with E-state index >= 15 is 0 Å². The molecule has 0 aromatic rings. The van der Waals surface area contributed by atoms with E-state index in [1.807, 2.05) is 0 Å². The Kier molecular flexibility index (Phi) is 1.54. The summed E-state index contributed by atoms with van der Waals surface area (Å²) in [7, 11) is 0. The summed E-state index contributed by atoms with van der Waals surface area (Å²) in [5, 5.41) is 15.7. The molecule has 0 radical (unpaired) electrons. The lowest BCUT2D eigenvalue weighted by Gasteiger charge is -2.16. The van der Waals surface area contributed by atoms with E-state index in [2.05, 4.69) is 20.8 Å². The molecule has 2 heterocycles. The molecule has 2 N–H and O–H groups in total. The van der Waals surface area contributed by atoms with Crippen LogP contribution in [0.2, 0.25) is 0 Å². The number of rotatable bonds is 0. The Bertz CT molecular complexity index is 224. The smallest absolute Gasteiger partial charge is 0.355 e. The van der Waals surface area contributed by atoms with Gasteiger partial charge in [-0.25, -0.2) is 4.79 Å². The van der Waals surface area contributed by atoms with E-state index in [4.69, 9.17) is 0 Å². The molecular formula is C5H8N6O. The average molecular weight is 168 g/mol. The molecule has 2 aliphatic heterocycles. The van der Waals surface area contributed by atoms with Crippen molar-refractivity contribution in [1.82, 2.24) is 20.7 Å². The third-order valence-electron chi connectivity index (χ3n) is 1.50. The van der Waals surface area contributed by atoms with Gasteiger partial charge in [0.25, 0.3) is 0 Å². The summed E-state index contributed by atoms with van der Waals surface area (Å²) in [4.78, 5) is 11.4. The van der Waals surface area contributed by atoms with Gasteiger partial charge in [-0.1, -0.05) is 0 Å². The highest BCUT2D eigenvalue weighted by molar-refractivity contribution is 5.78. The van der Waals surface area contributed by atoms with Crippen molar-refractivity contribution >= 4 is 18.7 Å². The summed E-state index contributed by atoms with van der Waals surface area (Å²) in [6.45, 7) is 0.815. The first-order valence-electron chi connectivity index (χ1n) is 3.48. The van der Waals surface area contributed by atoms with E-state index in [0.717, 1.165) is 0 Å². The summed E-state index contributed by atoms with van der Waals surface area (Å²) >= 11 is 0. The fraction of sp³-hybridized carbons (Fsp3) is 0.400. The van der Waals surface area contributed by atoms with Gasteiger partial charge in [-0.3, -0.25) is 0 Å². The average Bonchev–Trinajstić information content (AvgIpc) is 2.77. The molecule has 0 aromatic carbocycles. The molecule has 2 amide bonds. The van der Waals surface area contributed by atoms with Crippen molar-refractivity contribution in [2.24, 2.45) is 10.2 Å².